The molecule has 0 fully saturated rings. The van der Waals surface area contributed by atoms with Crippen LogP contribution in [0.15, 0.2) is 47.3 Å². The monoisotopic (exact) mass is 308 g/mol. The van der Waals surface area contributed by atoms with Gasteiger partial charge in [-0.05, 0) is 47.2 Å². The molecule has 4 nitrogen and oxygen atoms in total. The van der Waals surface area contributed by atoms with Gasteiger partial charge in [-0.1, -0.05) is 12.1 Å². The summed E-state index contributed by atoms with van der Waals surface area (Å²) in [6, 6.07) is 11.4. The van der Waals surface area contributed by atoms with E-state index in [0.717, 1.165) is 5.39 Å². The van der Waals surface area contributed by atoms with Gasteiger partial charge >= 0.3 is 0 Å². The van der Waals surface area contributed by atoms with Gasteiger partial charge in [0, 0.05) is 29.3 Å². The van der Waals surface area contributed by atoms with Crippen LogP contribution < -0.4 is 10.9 Å². The zero-order valence-corrected chi connectivity index (χ0v) is 12.2. The minimum absolute atomic E-state index is 0.179. The lowest BCUT2D eigenvalue weighted by molar-refractivity contribution is 0.0946. The Morgan fingerprint density at radius 2 is 1.83 bits per heavy atom. The van der Waals surface area contributed by atoms with E-state index in [1.165, 1.54) is 18.2 Å². The SMILES string of the molecule is O=C1NCCc2c1ccc(F)c2-c1ccc2ccc(=O)[nH]c2c1. The Morgan fingerprint density at radius 3 is 2.70 bits per heavy atom. The lowest BCUT2D eigenvalue weighted by Gasteiger charge is -2.20. The fraction of sp³-hybridized carbons (Fsp3) is 0.111. The molecule has 0 radical (unpaired) electrons. The smallest absolute Gasteiger partial charge is 0.251 e. The maximum atomic E-state index is 14.5. The standard InChI is InChI=1S/C18H13FN2O2/c19-14-5-4-13-12(7-8-20-18(13)23)17(14)11-2-1-10-3-6-16(22)21-15(10)9-11/h1-6,9H,7-8H2,(H,20,23)(H,21,22). The first-order valence-corrected chi connectivity index (χ1v) is 7.36. The van der Waals surface area contributed by atoms with Crippen LogP contribution in [0.4, 0.5) is 4.39 Å². The molecule has 0 spiro atoms. The quantitative estimate of drug-likeness (QED) is 0.726. The summed E-state index contributed by atoms with van der Waals surface area (Å²) in [6.45, 7) is 0.493. The van der Waals surface area contributed by atoms with Gasteiger partial charge in [-0.25, -0.2) is 4.39 Å². The Bertz CT molecular complexity index is 1010. The van der Waals surface area contributed by atoms with Gasteiger partial charge in [0.15, 0.2) is 0 Å². The zero-order chi connectivity index (χ0) is 16.0. The molecule has 0 bridgehead atoms. The van der Waals surface area contributed by atoms with Crippen molar-refractivity contribution in [2.45, 2.75) is 6.42 Å². The summed E-state index contributed by atoms with van der Waals surface area (Å²) < 4.78 is 14.5. The van der Waals surface area contributed by atoms with E-state index in [1.54, 1.807) is 12.1 Å². The first kappa shape index (κ1) is 13.7. The van der Waals surface area contributed by atoms with Crippen LogP contribution >= 0.6 is 0 Å². The van der Waals surface area contributed by atoms with Crippen molar-refractivity contribution in [3.63, 3.8) is 0 Å². The topological polar surface area (TPSA) is 62.0 Å². The Hall–Kier alpha value is -2.95. The molecule has 1 amide bonds. The fourth-order valence-corrected chi connectivity index (χ4v) is 3.11. The van der Waals surface area contributed by atoms with E-state index in [-0.39, 0.29) is 17.3 Å². The predicted molar refractivity (Wildman–Crippen MR) is 86.0 cm³/mol. The molecule has 1 aromatic heterocycles. The number of hydrogen-bond acceptors (Lipinski definition) is 2. The van der Waals surface area contributed by atoms with E-state index >= 15 is 0 Å². The summed E-state index contributed by atoms with van der Waals surface area (Å²) in [7, 11) is 0. The predicted octanol–water partition coefficient (Wildman–Crippen LogP) is 2.62. The number of carbonyl (C=O) groups excluding carboxylic acids is 1. The van der Waals surface area contributed by atoms with Gasteiger partial charge in [-0.3, -0.25) is 9.59 Å². The lowest BCUT2D eigenvalue weighted by Crippen LogP contribution is -2.32. The van der Waals surface area contributed by atoms with Crippen LogP contribution in [0, 0.1) is 5.82 Å². The minimum Gasteiger partial charge on any atom is -0.352 e. The van der Waals surface area contributed by atoms with E-state index in [1.807, 2.05) is 12.1 Å². The molecular formula is C18H13FN2O2. The molecule has 5 heteroatoms. The average Bonchev–Trinajstić information content (AvgIpc) is 2.54. The number of aromatic nitrogens is 1. The van der Waals surface area contributed by atoms with E-state index < -0.39 is 0 Å². The van der Waals surface area contributed by atoms with E-state index in [2.05, 4.69) is 10.3 Å². The average molecular weight is 308 g/mol. The second-order valence-electron chi connectivity index (χ2n) is 5.58. The largest absolute Gasteiger partial charge is 0.352 e. The van der Waals surface area contributed by atoms with Gasteiger partial charge in [-0.15, -0.1) is 0 Å². The number of benzene rings is 2. The number of pyridine rings is 1. The number of rotatable bonds is 1. The van der Waals surface area contributed by atoms with Crippen molar-refractivity contribution in [1.82, 2.24) is 10.3 Å². The number of amides is 1. The van der Waals surface area contributed by atoms with Crippen LogP contribution in [-0.4, -0.2) is 17.4 Å². The van der Waals surface area contributed by atoms with Gasteiger partial charge < -0.3 is 10.3 Å². The number of halogens is 1. The third-order valence-corrected chi connectivity index (χ3v) is 4.18. The van der Waals surface area contributed by atoms with Crippen molar-refractivity contribution < 1.29 is 9.18 Å². The number of carbonyl (C=O) groups is 1. The molecule has 4 rings (SSSR count). The van der Waals surface area contributed by atoms with Crippen LogP contribution in [0.25, 0.3) is 22.0 Å². The third-order valence-electron chi connectivity index (χ3n) is 4.18. The molecule has 1 aliphatic heterocycles. The summed E-state index contributed by atoms with van der Waals surface area (Å²) >= 11 is 0. The van der Waals surface area contributed by atoms with Crippen molar-refractivity contribution in [3.8, 4) is 11.1 Å². The van der Waals surface area contributed by atoms with Crippen LogP contribution in [0.2, 0.25) is 0 Å². The molecular weight excluding hydrogens is 295 g/mol. The second-order valence-corrected chi connectivity index (χ2v) is 5.58. The van der Waals surface area contributed by atoms with Gasteiger partial charge in [-0.2, -0.15) is 0 Å². The van der Waals surface area contributed by atoms with Crippen molar-refractivity contribution in [2.75, 3.05) is 6.54 Å². The highest BCUT2D eigenvalue weighted by Crippen LogP contribution is 2.32. The van der Waals surface area contributed by atoms with Crippen LogP contribution in [0.5, 0.6) is 0 Å². The number of H-pyrrole nitrogens is 1. The molecule has 0 atom stereocenters. The normalized spacial score (nSPS) is 13.7. The van der Waals surface area contributed by atoms with Gasteiger partial charge in [0.25, 0.3) is 5.91 Å². The fourth-order valence-electron chi connectivity index (χ4n) is 3.11. The second kappa shape index (κ2) is 5.05. The number of fused-ring (bicyclic) bond motifs is 2. The molecule has 0 saturated heterocycles. The summed E-state index contributed by atoms with van der Waals surface area (Å²) in [5.41, 5.74) is 2.75. The molecule has 3 aromatic rings. The Kier molecular flexibility index (Phi) is 3.01. The number of hydrogen-bond donors (Lipinski definition) is 2. The maximum absolute atomic E-state index is 14.5. The molecule has 2 heterocycles. The molecule has 114 valence electrons. The zero-order valence-electron chi connectivity index (χ0n) is 12.2. The summed E-state index contributed by atoms with van der Waals surface area (Å²) in [5.74, 6) is -0.544. The summed E-state index contributed by atoms with van der Waals surface area (Å²) in [4.78, 5) is 26.2. The molecule has 23 heavy (non-hydrogen) atoms. The molecule has 0 unspecified atom stereocenters. The molecule has 1 aliphatic rings. The number of nitrogens with one attached hydrogen (secondary N) is 2. The summed E-state index contributed by atoms with van der Waals surface area (Å²) in [5, 5.41) is 3.64. The van der Waals surface area contributed by atoms with Crippen LogP contribution in [-0.2, 0) is 6.42 Å². The highest BCUT2D eigenvalue weighted by molar-refractivity contribution is 5.99. The maximum Gasteiger partial charge on any atom is 0.251 e. The molecule has 0 aliphatic carbocycles. The third kappa shape index (κ3) is 2.21. The van der Waals surface area contributed by atoms with E-state index in [0.29, 0.717) is 40.7 Å². The molecule has 2 N–H and O–H groups in total. The highest BCUT2D eigenvalue weighted by Gasteiger charge is 2.22. The first-order valence-electron chi connectivity index (χ1n) is 7.36. The van der Waals surface area contributed by atoms with Crippen LogP contribution in [0.3, 0.4) is 0 Å². The van der Waals surface area contributed by atoms with Crippen molar-refractivity contribution in [2.24, 2.45) is 0 Å². The number of aromatic amines is 1. The van der Waals surface area contributed by atoms with E-state index in [4.69, 9.17) is 0 Å². The summed E-state index contributed by atoms with van der Waals surface area (Å²) in [6.07, 6.45) is 0.581. The lowest BCUT2D eigenvalue weighted by atomic mass is 9.90. The molecule has 2 aromatic carbocycles. The van der Waals surface area contributed by atoms with Crippen molar-refractivity contribution >= 4 is 16.8 Å². The highest BCUT2D eigenvalue weighted by atomic mass is 19.1. The van der Waals surface area contributed by atoms with Crippen molar-refractivity contribution in [3.05, 3.63) is 69.8 Å². The van der Waals surface area contributed by atoms with Gasteiger partial charge in [0.05, 0.1) is 0 Å². The van der Waals surface area contributed by atoms with Gasteiger partial charge in [0.1, 0.15) is 5.82 Å². The first-order chi connectivity index (χ1) is 11.1. The Balaban J connectivity index is 1.99. The van der Waals surface area contributed by atoms with Crippen molar-refractivity contribution in [1.29, 1.82) is 0 Å². The Morgan fingerprint density at radius 1 is 1.00 bits per heavy atom. The van der Waals surface area contributed by atoms with Gasteiger partial charge in [0.2, 0.25) is 5.56 Å². The Labute approximate surface area is 131 Å². The van der Waals surface area contributed by atoms with E-state index in [9.17, 15) is 14.0 Å². The molecule has 0 saturated carbocycles. The van der Waals surface area contributed by atoms with Crippen LogP contribution in [0.1, 0.15) is 15.9 Å². The minimum atomic E-state index is -0.365.